The van der Waals surface area contributed by atoms with Crippen LogP contribution in [0.15, 0.2) is 24.3 Å². The third-order valence-electron chi connectivity index (χ3n) is 2.38. The van der Waals surface area contributed by atoms with E-state index in [1.165, 1.54) is 0 Å². The number of ether oxygens (including phenoxy) is 2. The Bertz CT molecular complexity index is 425. The zero-order chi connectivity index (χ0) is 11.5. The Kier molecular flexibility index (Phi) is 2.90. The van der Waals surface area contributed by atoms with Crippen LogP contribution in [0.25, 0.3) is 0 Å². The van der Waals surface area contributed by atoms with E-state index in [1.807, 2.05) is 0 Å². The first-order valence-corrected chi connectivity index (χ1v) is 5.18. The molecule has 0 fully saturated rings. The molecule has 2 rings (SSSR count). The summed E-state index contributed by atoms with van der Waals surface area (Å²) in [6.45, 7) is 2.00. The minimum atomic E-state index is -0.803. The second kappa shape index (κ2) is 4.35. The summed E-state index contributed by atoms with van der Waals surface area (Å²) in [6.07, 6.45) is -0.752. The number of para-hydroxylation sites is 1. The quantitative estimate of drug-likeness (QED) is 0.710. The lowest BCUT2D eigenvalue weighted by Crippen LogP contribution is -2.35. The molecule has 0 spiro atoms. The molecule has 84 valence electrons. The molecule has 4 nitrogen and oxygen atoms in total. The van der Waals surface area contributed by atoms with Crippen LogP contribution in [0.4, 0.5) is 0 Å². The lowest BCUT2D eigenvalue weighted by molar-refractivity contribution is -0.151. The fourth-order valence-corrected chi connectivity index (χ4v) is 1.64. The van der Waals surface area contributed by atoms with Gasteiger partial charge >= 0.3 is 5.97 Å². The van der Waals surface area contributed by atoms with E-state index in [0.29, 0.717) is 11.3 Å². The summed E-state index contributed by atoms with van der Waals surface area (Å²) in [4.78, 5) is 23.2. The average Bonchev–Trinajstić information content (AvgIpc) is 2.29. The number of Topliss-reactive ketones (excluding diaryl/α,β-unsaturated/α-hetero) is 1. The van der Waals surface area contributed by atoms with Gasteiger partial charge in [-0.05, 0) is 19.1 Å². The molecule has 0 aliphatic carbocycles. The Labute approximate surface area is 93.2 Å². The Balaban J connectivity index is 2.21. The molecule has 0 saturated heterocycles. The molecule has 1 heterocycles. The van der Waals surface area contributed by atoms with Crippen LogP contribution in [0, 0.1) is 0 Å². The lowest BCUT2D eigenvalue weighted by Gasteiger charge is -2.23. The standard InChI is InChI=1S/C12H12O4/c1-2-15-12(14)11-7-9(13)8-5-3-4-6-10(8)16-11/h3-6,11H,2,7H2,1H3/t11-/m0/s1. The van der Waals surface area contributed by atoms with Gasteiger partial charge in [-0.25, -0.2) is 4.79 Å². The van der Waals surface area contributed by atoms with Gasteiger partial charge in [0.15, 0.2) is 5.78 Å². The summed E-state index contributed by atoms with van der Waals surface area (Å²) in [6, 6.07) is 6.90. The molecular weight excluding hydrogens is 208 g/mol. The van der Waals surface area contributed by atoms with Gasteiger partial charge in [-0.15, -0.1) is 0 Å². The van der Waals surface area contributed by atoms with Gasteiger partial charge in [0.1, 0.15) is 5.75 Å². The Morgan fingerprint density at radius 2 is 2.25 bits per heavy atom. The van der Waals surface area contributed by atoms with Crippen molar-refractivity contribution in [1.82, 2.24) is 0 Å². The van der Waals surface area contributed by atoms with Crippen LogP contribution in [0.5, 0.6) is 5.75 Å². The molecule has 4 heteroatoms. The number of rotatable bonds is 2. The number of carbonyl (C=O) groups excluding carboxylic acids is 2. The Morgan fingerprint density at radius 3 is 3.00 bits per heavy atom. The monoisotopic (exact) mass is 220 g/mol. The summed E-state index contributed by atoms with van der Waals surface area (Å²) in [5.74, 6) is -0.109. The summed E-state index contributed by atoms with van der Waals surface area (Å²) >= 11 is 0. The van der Waals surface area contributed by atoms with Crippen molar-refractivity contribution in [1.29, 1.82) is 0 Å². The van der Waals surface area contributed by atoms with Crippen molar-refractivity contribution >= 4 is 11.8 Å². The van der Waals surface area contributed by atoms with Gasteiger partial charge < -0.3 is 9.47 Å². The van der Waals surface area contributed by atoms with E-state index in [-0.39, 0.29) is 18.8 Å². The zero-order valence-electron chi connectivity index (χ0n) is 8.93. The lowest BCUT2D eigenvalue weighted by atomic mass is 10.0. The van der Waals surface area contributed by atoms with Crippen LogP contribution < -0.4 is 4.74 Å². The SMILES string of the molecule is CCOC(=O)[C@@H]1CC(=O)c2ccccc2O1. The molecule has 0 unspecified atom stereocenters. The Morgan fingerprint density at radius 1 is 1.50 bits per heavy atom. The Hall–Kier alpha value is -1.84. The molecule has 1 aliphatic heterocycles. The first kappa shape index (κ1) is 10.7. The van der Waals surface area contributed by atoms with Gasteiger partial charge in [-0.2, -0.15) is 0 Å². The first-order valence-electron chi connectivity index (χ1n) is 5.18. The van der Waals surface area contributed by atoms with E-state index in [0.717, 1.165) is 0 Å². The number of esters is 1. The highest BCUT2D eigenvalue weighted by atomic mass is 16.6. The second-order valence-corrected chi connectivity index (χ2v) is 3.48. The second-order valence-electron chi connectivity index (χ2n) is 3.48. The molecule has 0 aromatic heterocycles. The highest BCUT2D eigenvalue weighted by Gasteiger charge is 2.31. The summed E-state index contributed by atoms with van der Waals surface area (Å²) < 4.78 is 10.2. The van der Waals surface area contributed by atoms with E-state index >= 15 is 0 Å². The van der Waals surface area contributed by atoms with Gasteiger partial charge in [0.2, 0.25) is 6.10 Å². The molecular formula is C12H12O4. The largest absolute Gasteiger partial charge is 0.477 e. The van der Waals surface area contributed by atoms with E-state index in [9.17, 15) is 9.59 Å². The molecule has 0 amide bonds. The molecule has 0 saturated carbocycles. The smallest absolute Gasteiger partial charge is 0.347 e. The molecule has 16 heavy (non-hydrogen) atoms. The fourth-order valence-electron chi connectivity index (χ4n) is 1.64. The molecule has 0 N–H and O–H groups in total. The number of hydrogen-bond donors (Lipinski definition) is 0. The molecule has 1 atom stereocenters. The summed E-state index contributed by atoms with van der Waals surface area (Å²) in [5, 5.41) is 0. The molecule has 1 aliphatic rings. The summed E-state index contributed by atoms with van der Waals surface area (Å²) in [7, 11) is 0. The number of ketones is 1. The van der Waals surface area contributed by atoms with E-state index in [4.69, 9.17) is 9.47 Å². The van der Waals surface area contributed by atoms with Gasteiger partial charge in [-0.3, -0.25) is 4.79 Å². The molecule has 1 aromatic carbocycles. The minimum Gasteiger partial charge on any atom is -0.477 e. The van der Waals surface area contributed by atoms with E-state index in [2.05, 4.69) is 0 Å². The highest BCUT2D eigenvalue weighted by Crippen LogP contribution is 2.27. The van der Waals surface area contributed by atoms with Crippen molar-refractivity contribution in [3.05, 3.63) is 29.8 Å². The predicted octanol–water partition coefficient (Wildman–Crippen LogP) is 1.58. The fraction of sp³-hybridized carbons (Fsp3) is 0.333. The molecule has 1 aromatic rings. The van der Waals surface area contributed by atoms with E-state index < -0.39 is 12.1 Å². The van der Waals surface area contributed by atoms with Crippen molar-refractivity contribution < 1.29 is 19.1 Å². The van der Waals surface area contributed by atoms with Crippen molar-refractivity contribution in [3.63, 3.8) is 0 Å². The van der Waals surface area contributed by atoms with Crippen molar-refractivity contribution in [2.24, 2.45) is 0 Å². The van der Waals surface area contributed by atoms with Crippen molar-refractivity contribution in [2.75, 3.05) is 6.61 Å². The van der Waals surface area contributed by atoms with Crippen molar-refractivity contribution in [2.45, 2.75) is 19.4 Å². The van der Waals surface area contributed by atoms with Crippen LogP contribution in [0.1, 0.15) is 23.7 Å². The maximum absolute atomic E-state index is 11.7. The van der Waals surface area contributed by atoms with E-state index in [1.54, 1.807) is 31.2 Å². The van der Waals surface area contributed by atoms with Gasteiger partial charge in [-0.1, -0.05) is 12.1 Å². The molecule has 0 radical (unpaired) electrons. The minimum absolute atomic E-state index is 0.0514. The van der Waals surface area contributed by atoms with Crippen LogP contribution in [0.3, 0.4) is 0 Å². The number of fused-ring (bicyclic) bond motifs is 1. The number of hydrogen-bond acceptors (Lipinski definition) is 4. The van der Waals surface area contributed by atoms with Gasteiger partial charge in [0, 0.05) is 0 Å². The number of carbonyl (C=O) groups is 2. The third-order valence-corrected chi connectivity index (χ3v) is 2.38. The predicted molar refractivity (Wildman–Crippen MR) is 56.4 cm³/mol. The molecule has 0 bridgehead atoms. The first-order chi connectivity index (χ1) is 7.72. The van der Waals surface area contributed by atoms with Crippen LogP contribution in [-0.2, 0) is 9.53 Å². The highest BCUT2D eigenvalue weighted by molar-refractivity contribution is 6.02. The van der Waals surface area contributed by atoms with Gasteiger partial charge in [0.25, 0.3) is 0 Å². The average molecular weight is 220 g/mol. The number of benzene rings is 1. The van der Waals surface area contributed by atoms with Crippen molar-refractivity contribution in [3.8, 4) is 5.75 Å². The maximum Gasteiger partial charge on any atom is 0.347 e. The van der Waals surface area contributed by atoms with Crippen LogP contribution >= 0.6 is 0 Å². The van der Waals surface area contributed by atoms with Crippen LogP contribution in [0.2, 0.25) is 0 Å². The maximum atomic E-state index is 11.7. The normalized spacial score (nSPS) is 18.6. The zero-order valence-corrected chi connectivity index (χ0v) is 8.93. The van der Waals surface area contributed by atoms with Gasteiger partial charge in [0.05, 0.1) is 18.6 Å². The summed E-state index contributed by atoms with van der Waals surface area (Å²) in [5.41, 5.74) is 0.531. The third kappa shape index (κ3) is 1.91. The van der Waals surface area contributed by atoms with Crippen LogP contribution in [-0.4, -0.2) is 24.5 Å². The topological polar surface area (TPSA) is 52.6 Å².